The fourth-order valence-corrected chi connectivity index (χ4v) is 6.42. The van der Waals surface area contributed by atoms with Gasteiger partial charge < -0.3 is 33.7 Å². The maximum Gasteiger partial charge on any atom is 0.346 e. The van der Waals surface area contributed by atoms with Crippen molar-refractivity contribution in [3.05, 3.63) is 64.1 Å². The monoisotopic (exact) mass is 704 g/mol. The van der Waals surface area contributed by atoms with E-state index in [-0.39, 0.29) is 17.6 Å². The van der Waals surface area contributed by atoms with Gasteiger partial charge in [-0.25, -0.2) is 9.86 Å². The Morgan fingerprint density at radius 1 is 0.933 bits per heavy atom. The molecule has 2 N–H and O–H groups in total. The Kier molecular flexibility index (Phi) is 11.4. The van der Waals surface area contributed by atoms with Crippen LogP contribution in [0.3, 0.4) is 0 Å². The molecule has 1 heterocycles. The molecule has 3 aromatic carbocycles. The summed E-state index contributed by atoms with van der Waals surface area (Å²) >= 11 is 5.02. The molecule has 0 saturated carbocycles. The maximum absolute atomic E-state index is 13.2. The average molecular weight is 706 g/mol. The standard InChI is InChI=1S/C33H41BrN2O8S/c1-19(45-23-11-9-10-22(34)18-23)43-30-24(35-32(37)36(38)33(2,3)4)14-20(15-27(30)39-5)25-12-13-26(44-25)21-16-28(40-6)31(42-8)29(17-21)41-7/h9-11,14-19,25-26,38H,12-13H2,1-8H3,(H,35,37). The minimum Gasteiger partial charge on any atom is -0.493 e. The lowest BCUT2D eigenvalue weighted by Gasteiger charge is -2.30. The van der Waals surface area contributed by atoms with Gasteiger partial charge in [0.25, 0.3) is 0 Å². The predicted molar refractivity (Wildman–Crippen MR) is 177 cm³/mol. The third-order valence-electron chi connectivity index (χ3n) is 7.20. The number of urea groups is 1. The number of hydrogen-bond acceptors (Lipinski definition) is 9. The van der Waals surface area contributed by atoms with E-state index in [9.17, 15) is 10.0 Å². The lowest BCUT2D eigenvalue weighted by molar-refractivity contribution is -0.102. The third kappa shape index (κ3) is 8.29. The first-order chi connectivity index (χ1) is 21.4. The lowest BCUT2D eigenvalue weighted by atomic mass is 10.0. The second kappa shape index (κ2) is 14.8. The highest BCUT2D eigenvalue weighted by molar-refractivity contribution is 9.10. The molecule has 0 spiro atoms. The summed E-state index contributed by atoms with van der Waals surface area (Å²) in [6.07, 6.45) is 0.898. The maximum atomic E-state index is 13.2. The molecule has 1 aliphatic rings. The summed E-state index contributed by atoms with van der Waals surface area (Å²) in [4.78, 5) is 14.2. The summed E-state index contributed by atoms with van der Waals surface area (Å²) in [5.74, 6) is 2.37. The van der Waals surface area contributed by atoms with E-state index < -0.39 is 11.6 Å². The molecule has 0 bridgehead atoms. The molecule has 1 fully saturated rings. The van der Waals surface area contributed by atoms with Crippen molar-refractivity contribution in [2.24, 2.45) is 0 Å². The van der Waals surface area contributed by atoms with Crippen LogP contribution >= 0.6 is 27.7 Å². The summed E-state index contributed by atoms with van der Waals surface area (Å²) in [5.41, 5.74) is 0.844. The fourth-order valence-electron chi connectivity index (χ4n) is 4.99. The van der Waals surface area contributed by atoms with Crippen LogP contribution in [-0.2, 0) is 4.74 Å². The number of rotatable bonds is 11. The number of nitrogens with zero attached hydrogens (tertiary/aromatic N) is 1. The molecule has 4 rings (SSSR count). The van der Waals surface area contributed by atoms with E-state index in [1.54, 1.807) is 49.2 Å². The molecule has 3 atom stereocenters. The van der Waals surface area contributed by atoms with Crippen LogP contribution < -0.4 is 29.0 Å². The number of hydroxylamine groups is 2. The Hall–Kier alpha value is -3.32. The Morgan fingerprint density at radius 3 is 2.00 bits per heavy atom. The molecule has 12 heteroatoms. The van der Waals surface area contributed by atoms with E-state index in [4.69, 9.17) is 28.4 Å². The van der Waals surface area contributed by atoms with Gasteiger partial charge in [-0.15, -0.1) is 0 Å². The predicted octanol–water partition coefficient (Wildman–Crippen LogP) is 8.62. The lowest BCUT2D eigenvalue weighted by Crippen LogP contribution is -2.45. The molecule has 244 valence electrons. The van der Waals surface area contributed by atoms with Gasteiger partial charge in [-0.2, -0.15) is 0 Å². The second-order valence-corrected chi connectivity index (χ2v) is 13.7. The molecular weight excluding hydrogens is 664 g/mol. The van der Waals surface area contributed by atoms with Crippen molar-refractivity contribution < 1.29 is 38.4 Å². The normalized spacial score (nSPS) is 16.9. The molecule has 0 aromatic heterocycles. The zero-order valence-corrected chi connectivity index (χ0v) is 29.2. The quantitative estimate of drug-likeness (QED) is 0.0878. The summed E-state index contributed by atoms with van der Waals surface area (Å²) < 4.78 is 36.3. The molecule has 1 saturated heterocycles. The number of anilines is 1. The van der Waals surface area contributed by atoms with Gasteiger partial charge in [0.15, 0.2) is 23.0 Å². The summed E-state index contributed by atoms with van der Waals surface area (Å²) in [6, 6.07) is 14.7. The number of benzene rings is 3. The minimum atomic E-state index is -0.834. The van der Waals surface area contributed by atoms with Gasteiger partial charge in [-0.1, -0.05) is 33.8 Å². The van der Waals surface area contributed by atoms with E-state index in [2.05, 4.69) is 21.2 Å². The Balaban J connectivity index is 1.66. The average Bonchev–Trinajstić information content (AvgIpc) is 3.50. The number of halogens is 1. The van der Waals surface area contributed by atoms with Crippen molar-refractivity contribution >= 4 is 39.4 Å². The van der Waals surface area contributed by atoms with E-state index in [1.807, 2.05) is 55.5 Å². The van der Waals surface area contributed by atoms with Crippen molar-refractivity contribution in [2.75, 3.05) is 33.8 Å². The number of ether oxygens (including phenoxy) is 6. The number of carbonyl (C=O) groups excluding carboxylic acids is 1. The van der Waals surface area contributed by atoms with Gasteiger partial charge in [0.05, 0.1) is 51.9 Å². The highest BCUT2D eigenvalue weighted by Crippen LogP contribution is 2.48. The zero-order valence-electron chi connectivity index (χ0n) is 26.8. The number of carbonyl (C=O) groups is 1. The number of methoxy groups -OCH3 is 4. The molecule has 3 unspecified atom stereocenters. The first-order valence-electron chi connectivity index (χ1n) is 14.4. The second-order valence-electron chi connectivity index (χ2n) is 11.4. The van der Waals surface area contributed by atoms with Crippen LogP contribution in [0, 0.1) is 0 Å². The van der Waals surface area contributed by atoms with Gasteiger partial charge >= 0.3 is 6.03 Å². The van der Waals surface area contributed by atoms with Crippen molar-refractivity contribution in [2.45, 2.75) is 68.6 Å². The smallest absolute Gasteiger partial charge is 0.346 e. The highest BCUT2D eigenvalue weighted by Gasteiger charge is 2.32. The van der Waals surface area contributed by atoms with Crippen LogP contribution in [0.25, 0.3) is 0 Å². The third-order valence-corrected chi connectivity index (χ3v) is 8.65. The molecule has 3 aromatic rings. The molecular formula is C33H41BrN2O8S. The molecule has 2 amide bonds. The van der Waals surface area contributed by atoms with Crippen molar-refractivity contribution in [1.29, 1.82) is 0 Å². The van der Waals surface area contributed by atoms with Crippen LogP contribution in [0.15, 0.2) is 57.9 Å². The minimum absolute atomic E-state index is 0.237. The Morgan fingerprint density at radius 2 is 1.49 bits per heavy atom. The van der Waals surface area contributed by atoms with Crippen LogP contribution in [0.1, 0.15) is 63.9 Å². The summed E-state index contributed by atoms with van der Waals surface area (Å²) in [6.45, 7) is 7.11. The fraction of sp³-hybridized carbons (Fsp3) is 0.424. The number of nitrogens with one attached hydrogen (secondary N) is 1. The highest BCUT2D eigenvalue weighted by atomic mass is 79.9. The molecule has 45 heavy (non-hydrogen) atoms. The first-order valence-corrected chi connectivity index (χ1v) is 16.1. The topological polar surface area (TPSA) is 108 Å². The molecule has 10 nitrogen and oxygen atoms in total. The van der Waals surface area contributed by atoms with Crippen molar-refractivity contribution in [3.63, 3.8) is 0 Å². The van der Waals surface area contributed by atoms with Crippen LogP contribution in [0.2, 0.25) is 0 Å². The van der Waals surface area contributed by atoms with Crippen LogP contribution in [-0.4, -0.2) is 55.7 Å². The molecule has 0 radical (unpaired) electrons. The number of hydrogen-bond donors (Lipinski definition) is 2. The Bertz CT molecular complexity index is 1470. The zero-order chi connectivity index (χ0) is 32.9. The van der Waals surface area contributed by atoms with Gasteiger partial charge in [0, 0.05) is 9.37 Å². The van der Waals surface area contributed by atoms with Gasteiger partial charge in [-0.3, -0.25) is 5.21 Å². The van der Waals surface area contributed by atoms with Gasteiger partial charge in [0.2, 0.25) is 5.75 Å². The molecule has 0 aliphatic carbocycles. The van der Waals surface area contributed by atoms with Crippen LogP contribution in [0.5, 0.6) is 28.7 Å². The number of amides is 2. The molecule has 1 aliphatic heterocycles. The summed E-state index contributed by atoms with van der Waals surface area (Å²) in [5, 5.41) is 14.1. The van der Waals surface area contributed by atoms with E-state index in [1.165, 1.54) is 11.8 Å². The van der Waals surface area contributed by atoms with Crippen molar-refractivity contribution in [1.82, 2.24) is 5.06 Å². The van der Waals surface area contributed by atoms with Crippen LogP contribution in [0.4, 0.5) is 10.5 Å². The number of thioether (sulfide) groups is 1. The first kappa shape index (κ1) is 34.6. The van der Waals surface area contributed by atoms with E-state index in [0.29, 0.717) is 45.9 Å². The van der Waals surface area contributed by atoms with Gasteiger partial charge in [-0.05, 0) is 94.1 Å². The van der Waals surface area contributed by atoms with Crippen molar-refractivity contribution in [3.8, 4) is 28.7 Å². The van der Waals surface area contributed by atoms with Gasteiger partial charge in [0.1, 0.15) is 5.44 Å². The Labute approximate surface area is 277 Å². The van der Waals surface area contributed by atoms with E-state index >= 15 is 0 Å². The van der Waals surface area contributed by atoms with E-state index in [0.717, 1.165) is 26.9 Å². The largest absolute Gasteiger partial charge is 0.493 e. The SMILES string of the molecule is COc1cc(C2CCC(c3cc(OC)c(OC)c(OC)c3)O2)cc(NC(=O)N(O)C(C)(C)C)c1OC(C)Sc1cccc(Br)c1. The summed E-state index contributed by atoms with van der Waals surface area (Å²) in [7, 11) is 6.27.